The molecule has 176 valence electrons. The third-order valence-electron chi connectivity index (χ3n) is 6.37. The highest BCUT2D eigenvalue weighted by molar-refractivity contribution is 6.30. The first kappa shape index (κ1) is 23.1. The zero-order valence-electron chi connectivity index (χ0n) is 18.4. The number of esters is 1. The minimum atomic E-state index is -0.912. The van der Waals surface area contributed by atoms with Crippen LogP contribution in [0.25, 0.3) is 0 Å². The largest absolute Gasteiger partial charge is 0.463 e. The van der Waals surface area contributed by atoms with Gasteiger partial charge in [-0.25, -0.2) is 14.4 Å². The second-order valence-corrected chi connectivity index (χ2v) is 8.95. The highest BCUT2D eigenvalue weighted by Crippen LogP contribution is 2.34. The van der Waals surface area contributed by atoms with E-state index in [2.05, 4.69) is 16.0 Å². The van der Waals surface area contributed by atoms with Crippen molar-refractivity contribution in [3.05, 3.63) is 46.1 Å². The van der Waals surface area contributed by atoms with Crippen LogP contribution < -0.4 is 16.0 Å². The average molecular weight is 475 g/mol. The predicted octanol–water partition coefficient (Wildman–Crippen LogP) is 3.16. The fourth-order valence-electron chi connectivity index (χ4n) is 4.75. The number of urea groups is 2. The molecule has 1 unspecified atom stereocenters. The van der Waals surface area contributed by atoms with Gasteiger partial charge < -0.3 is 20.7 Å². The van der Waals surface area contributed by atoms with Gasteiger partial charge in [0.15, 0.2) is 0 Å². The normalized spacial score (nSPS) is 22.5. The average Bonchev–Trinajstić information content (AvgIpc) is 2.93. The molecule has 1 saturated heterocycles. The van der Waals surface area contributed by atoms with Crippen LogP contribution in [0.2, 0.25) is 5.02 Å². The molecule has 0 aromatic heterocycles. The van der Waals surface area contributed by atoms with Crippen molar-refractivity contribution in [3.8, 4) is 0 Å². The Kier molecular flexibility index (Phi) is 6.60. The number of halogens is 1. The van der Waals surface area contributed by atoms with Crippen LogP contribution in [0.15, 0.2) is 35.5 Å². The van der Waals surface area contributed by atoms with Crippen LogP contribution in [-0.2, 0) is 14.3 Å². The Morgan fingerprint density at radius 1 is 1.12 bits per heavy atom. The number of carbonyl (C=O) groups is 4. The van der Waals surface area contributed by atoms with Gasteiger partial charge in [-0.05, 0) is 37.5 Å². The fraction of sp³-hybridized carbons (Fsp3) is 0.478. The number of benzene rings is 1. The topological polar surface area (TPSA) is 117 Å². The molecule has 4 rings (SSSR count). The number of rotatable bonds is 5. The molecular weight excluding hydrogens is 448 g/mol. The van der Waals surface area contributed by atoms with Gasteiger partial charge in [-0.1, -0.05) is 49.4 Å². The van der Waals surface area contributed by atoms with Gasteiger partial charge in [-0.2, -0.15) is 0 Å². The Hall–Kier alpha value is -3.07. The van der Waals surface area contributed by atoms with E-state index in [9.17, 15) is 19.2 Å². The van der Waals surface area contributed by atoms with E-state index in [1.807, 2.05) is 0 Å². The summed E-state index contributed by atoms with van der Waals surface area (Å²) in [5.41, 5.74) is 0.00447. The van der Waals surface area contributed by atoms with E-state index in [1.54, 1.807) is 31.2 Å². The molecule has 5 amide bonds. The lowest BCUT2D eigenvalue weighted by atomic mass is 9.90. The van der Waals surface area contributed by atoms with Crippen molar-refractivity contribution >= 4 is 35.5 Å². The van der Waals surface area contributed by atoms with E-state index in [1.165, 1.54) is 0 Å². The zero-order valence-corrected chi connectivity index (χ0v) is 19.2. The summed E-state index contributed by atoms with van der Waals surface area (Å²) < 4.78 is 5.25. The molecule has 33 heavy (non-hydrogen) atoms. The highest BCUT2D eigenvalue weighted by Gasteiger charge is 2.51. The summed E-state index contributed by atoms with van der Waals surface area (Å²) in [6, 6.07) is 4.81. The van der Waals surface area contributed by atoms with Crippen LogP contribution in [0.3, 0.4) is 0 Å². The number of carbonyl (C=O) groups excluding carboxylic acids is 4. The number of ether oxygens (including phenoxy) is 1. The minimum Gasteiger partial charge on any atom is -0.463 e. The lowest BCUT2D eigenvalue weighted by Crippen LogP contribution is -2.50. The monoisotopic (exact) mass is 474 g/mol. The van der Waals surface area contributed by atoms with Crippen molar-refractivity contribution < 1.29 is 23.9 Å². The summed E-state index contributed by atoms with van der Waals surface area (Å²) >= 11 is 5.99. The standard InChI is InChI=1S/C23H27ClN4O5/c1-2-33-19(29)17-16(25-21(31)26-18(17)14-7-9-15(24)10-8-14)13-28-20(30)23(27-22(28)32)11-5-3-4-6-12-23/h7-10,18H,2-6,11-13H2,1H3,(H,27,32)(H2,25,26,31). The molecular formula is C23H27ClN4O5. The quantitative estimate of drug-likeness (QED) is 0.447. The summed E-state index contributed by atoms with van der Waals surface area (Å²) in [4.78, 5) is 52.7. The van der Waals surface area contributed by atoms with Crippen LogP contribution >= 0.6 is 11.6 Å². The van der Waals surface area contributed by atoms with Crippen LogP contribution in [-0.4, -0.2) is 47.5 Å². The summed E-state index contributed by atoms with van der Waals surface area (Å²) in [7, 11) is 0. The SMILES string of the molecule is CCOC(=O)C1=C(CN2C(=O)NC3(CCCCCC3)C2=O)NC(=O)NC1c1ccc(Cl)cc1. The number of nitrogens with one attached hydrogen (secondary N) is 3. The minimum absolute atomic E-state index is 0.128. The fourth-order valence-corrected chi connectivity index (χ4v) is 4.87. The number of hydrogen-bond donors (Lipinski definition) is 3. The maximum Gasteiger partial charge on any atom is 0.338 e. The summed E-state index contributed by atoms with van der Waals surface area (Å²) in [6.07, 6.45) is 4.92. The maximum atomic E-state index is 13.4. The summed E-state index contributed by atoms with van der Waals surface area (Å²) in [6.45, 7) is 1.57. The lowest BCUT2D eigenvalue weighted by Gasteiger charge is -2.31. The van der Waals surface area contributed by atoms with Gasteiger partial charge in [-0.3, -0.25) is 9.69 Å². The van der Waals surface area contributed by atoms with Crippen molar-refractivity contribution in [2.24, 2.45) is 0 Å². The number of imide groups is 1. The van der Waals surface area contributed by atoms with Crippen molar-refractivity contribution in [2.45, 2.75) is 57.0 Å². The summed E-state index contributed by atoms with van der Waals surface area (Å²) in [5, 5.41) is 8.74. The summed E-state index contributed by atoms with van der Waals surface area (Å²) in [5.74, 6) is -0.961. The molecule has 1 atom stereocenters. The van der Waals surface area contributed by atoms with Gasteiger partial charge >= 0.3 is 18.0 Å². The number of hydrogen-bond acceptors (Lipinski definition) is 5. The Balaban J connectivity index is 1.70. The molecule has 0 bridgehead atoms. The van der Waals surface area contributed by atoms with Crippen molar-refractivity contribution in [1.29, 1.82) is 0 Å². The van der Waals surface area contributed by atoms with E-state index in [-0.39, 0.29) is 30.3 Å². The number of amides is 5. The molecule has 1 aliphatic carbocycles. The molecule has 3 N–H and O–H groups in total. The third kappa shape index (κ3) is 4.55. The van der Waals surface area contributed by atoms with E-state index in [4.69, 9.17) is 16.3 Å². The first-order valence-electron chi connectivity index (χ1n) is 11.2. The molecule has 10 heteroatoms. The maximum absolute atomic E-state index is 13.4. The van der Waals surface area contributed by atoms with Crippen LogP contribution in [0.1, 0.15) is 57.1 Å². The second kappa shape index (κ2) is 9.43. The van der Waals surface area contributed by atoms with Gasteiger partial charge in [-0.15, -0.1) is 0 Å². The molecule has 2 aliphatic heterocycles. The number of nitrogens with zero attached hydrogens (tertiary/aromatic N) is 1. The molecule has 9 nitrogen and oxygen atoms in total. The predicted molar refractivity (Wildman–Crippen MR) is 120 cm³/mol. The molecule has 1 aromatic carbocycles. The second-order valence-electron chi connectivity index (χ2n) is 8.51. The van der Waals surface area contributed by atoms with E-state index >= 15 is 0 Å². The Morgan fingerprint density at radius 3 is 2.42 bits per heavy atom. The first-order chi connectivity index (χ1) is 15.8. The van der Waals surface area contributed by atoms with Crippen LogP contribution in [0.5, 0.6) is 0 Å². The molecule has 3 aliphatic rings. The highest BCUT2D eigenvalue weighted by atomic mass is 35.5. The van der Waals surface area contributed by atoms with Gasteiger partial charge in [0.2, 0.25) is 0 Å². The van der Waals surface area contributed by atoms with Gasteiger partial charge in [0.25, 0.3) is 5.91 Å². The van der Waals surface area contributed by atoms with E-state index < -0.39 is 29.6 Å². The Labute approximate surface area is 196 Å². The van der Waals surface area contributed by atoms with E-state index in [0.29, 0.717) is 23.4 Å². The smallest absolute Gasteiger partial charge is 0.338 e. The van der Waals surface area contributed by atoms with Gasteiger partial charge in [0.05, 0.1) is 30.5 Å². The van der Waals surface area contributed by atoms with Gasteiger partial charge in [0.1, 0.15) is 5.54 Å². The molecule has 1 aromatic rings. The molecule has 1 spiro atoms. The van der Waals surface area contributed by atoms with E-state index in [0.717, 1.165) is 30.6 Å². The molecule has 1 saturated carbocycles. The Morgan fingerprint density at radius 2 is 1.79 bits per heavy atom. The van der Waals surface area contributed by atoms with Crippen molar-refractivity contribution in [2.75, 3.05) is 13.2 Å². The van der Waals surface area contributed by atoms with Crippen molar-refractivity contribution in [3.63, 3.8) is 0 Å². The molecule has 2 heterocycles. The van der Waals surface area contributed by atoms with Gasteiger partial charge in [0, 0.05) is 5.02 Å². The van der Waals surface area contributed by atoms with Crippen LogP contribution in [0, 0.1) is 0 Å². The lowest BCUT2D eigenvalue weighted by molar-refractivity contribution is -0.139. The van der Waals surface area contributed by atoms with Crippen LogP contribution in [0.4, 0.5) is 9.59 Å². The first-order valence-corrected chi connectivity index (χ1v) is 11.6. The molecule has 2 fully saturated rings. The van der Waals surface area contributed by atoms with Crippen molar-refractivity contribution in [1.82, 2.24) is 20.9 Å². The Bertz CT molecular complexity index is 999. The zero-order chi connectivity index (χ0) is 23.6. The molecule has 0 radical (unpaired) electrons. The third-order valence-corrected chi connectivity index (χ3v) is 6.62.